The second kappa shape index (κ2) is 6.32. The molecule has 0 heterocycles. The predicted molar refractivity (Wildman–Crippen MR) is 65.8 cm³/mol. The minimum Gasteiger partial charge on any atom is -0.355 e. The van der Waals surface area contributed by atoms with Crippen molar-refractivity contribution in [1.82, 2.24) is 10.0 Å². The molecule has 1 amide bonds. The second-order valence-corrected chi connectivity index (χ2v) is 6.41. The summed E-state index contributed by atoms with van der Waals surface area (Å²) < 4.78 is 23.8. The third-order valence-electron chi connectivity index (χ3n) is 2.98. The number of sulfonamides is 1. The van der Waals surface area contributed by atoms with Crippen LogP contribution in [0.15, 0.2) is 0 Å². The van der Waals surface area contributed by atoms with Gasteiger partial charge in [0.2, 0.25) is 15.9 Å². The summed E-state index contributed by atoms with van der Waals surface area (Å²) in [6.45, 7) is 0.537. The SMILES string of the molecule is CS(=O)(=O)NCCNC(=O)C[C@@H]1CCC[C@H]1N. The lowest BCUT2D eigenvalue weighted by Crippen LogP contribution is -2.36. The van der Waals surface area contributed by atoms with E-state index in [0.29, 0.717) is 13.0 Å². The maximum Gasteiger partial charge on any atom is 0.220 e. The number of carbonyl (C=O) groups is 1. The van der Waals surface area contributed by atoms with Crippen molar-refractivity contribution >= 4 is 15.9 Å². The van der Waals surface area contributed by atoms with Crippen molar-refractivity contribution in [2.24, 2.45) is 11.7 Å². The van der Waals surface area contributed by atoms with Crippen LogP contribution in [0.5, 0.6) is 0 Å². The summed E-state index contributed by atoms with van der Waals surface area (Å²) in [5.74, 6) is 0.223. The van der Waals surface area contributed by atoms with Crippen LogP contribution in [-0.2, 0) is 14.8 Å². The fraction of sp³-hybridized carbons (Fsp3) is 0.900. The van der Waals surface area contributed by atoms with Crippen LogP contribution in [0, 0.1) is 5.92 Å². The van der Waals surface area contributed by atoms with E-state index in [9.17, 15) is 13.2 Å². The zero-order valence-corrected chi connectivity index (χ0v) is 10.9. The molecule has 1 saturated carbocycles. The lowest BCUT2D eigenvalue weighted by Gasteiger charge is -2.14. The van der Waals surface area contributed by atoms with Crippen LogP contribution in [0.25, 0.3) is 0 Å². The Morgan fingerprint density at radius 1 is 1.35 bits per heavy atom. The van der Waals surface area contributed by atoms with Gasteiger partial charge in [0.15, 0.2) is 0 Å². The molecule has 4 N–H and O–H groups in total. The summed E-state index contributed by atoms with van der Waals surface area (Å²) in [5, 5.41) is 2.68. The lowest BCUT2D eigenvalue weighted by molar-refractivity contribution is -0.122. The van der Waals surface area contributed by atoms with Crippen molar-refractivity contribution in [2.45, 2.75) is 31.7 Å². The van der Waals surface area contributed by atoms with Crippen LogP contribution in [0.1, 0.15) is 25.7 Å². The first kappa shape index (κ1) is 14.4. The molecule has 1 fully saturated rings. The van der Waals surface area contributed by atoms with E-state index in [4.69, 9.17) is 5.73 Å². The molecule has 0 spiro atoms. The highest BCUT2D eigenvalue weighted by atomic mass is 32.2. The molecular weight excluding hydrogens is 242 g/mol. The van der Waals surface area contributed by atoms with E-state index in [1.807, 2.05) is 0 Å². The molecular formula is C10H21N3O3S. The summed E-state index contributed by atoms with van der Waals surface area (Å²) in [6.07, 6.45) is 4.63. The second-order valence-electron chi connectivity index (χ2n) is 4.58. The van der Waals surface area contributed by atoms with Gasteiger partial charge in [-0.25, -0.2) is 13.1 Å². The summed E-state index contributed by atoms with van der Waals surface area (Å²) in [5.41, 5.74) is 5.87. The number of hydrogen-bond acceptors (Lipinski definition) is 4. The van der Waals surface area contributed by atoms with Gasteiger partial charge in [0.1, 0.15) is 0 Å². The molecule has 0 aliphatic heterocycles. The smallest absolute Gasteiger partial charge is 0.220 e. The van der Waals surface area contributed by atoms with Crippen LogP contribution in [0.3, 0.4) is 0 Å². The van der Waals surface area contributed by atoms with Gasteiger partial charge >= 0.3 is 0 Å². The zero-order chi connectivity index (χ0) is 12.9. The molecule has 6 nitrogen and oxygen atoms in total. The molecule has 7 heteroatoms. The third-order valence-corrected chi connectivity index (χ3v) is 3.71. The van der Waals surface area contributed by atoms with Crippen LogP contribution < -0.4 is 15.8 Å². The number of nitrogens with two attached hydrogens (primary N) is 1. The Bertz CT molecular complexity index is 356. The minimum atomic E-state index is -3.17. The number of amides is 1. The standard InChI is InChI=1S/C10H21N3O3S/c1-17(15,16)13-6-5-12-10(14)7-8-3-2-4-9(8)11/h8-9,13H,2-7,11H2,1H3,(H,12,14)/t8-,9+/m0/s1. The lowest BCUT2D eigenvalue weighted by atomic mass is 10.00. The molecule has 1 rings (SSSR count). The highest BCUT2D eigenvalue weighted by Gasteiger charge is 2.25. The van der Waals surface area contributed by atoms with E-state index in [1.165, 1.54) is 0 Å². The van der Waals surface area contributed by atoms with Crippen molar-refractivity contribution in [3.8, 4) is 0 Å². The maximum atomic E-state index is 11.5. The first-order chi connectivity index (χ1) is 7.88. The van der Waals surface area contributed by atoms with Crippen LogP contribution in [0.2, 0.25) is 0 Å². The average Bonchev–Trinajstić information content (AvgIpc) is 2.58. The van der Waals surface area contributed by atoms with Crippen molar-refractivity contribution in [2.75, 3.05) is 19.3 Å². The topological polar surface area (TPSA) is 101 Å². The highest BCUT2D eigenvalue weighted by molar-refractivity contribution is 7.88. The zero-order valence-electron chi connectivity index (χ0n) is 10.1. The first-order valence-electron chi connectivity index (χ1n) is 5.85. The van der Waals surface area contributed by atoms with Gasteiger partial charge in [-0.1, -0.05) is 6.42 Å². The Labute approximate surface area is 102 Å². The van der Waals surface area contributed by atoms with E-state index in [1.54, 1.807) is 0 Å². The number of carbonyl (C=O) groups excluding carboxylic acids is 1. The Morgan fingerprint density at radius 2 is 2.06 bits per heavy atom. The largest absolute Gasteiger partial charge is 0.355 e. The van der Waals surface area contributed by atoms with Crippen molar-refractivity contribution in [3.05, 3.63) is 0 Å². The molecule has 0 saturated heterocycles. The quantitative estimate of drug-likeness (QED) is 0.544. The fourth-order valence-corrected chi connectivity index (χ4v) is 2.54. The predicted octanol–water partition coefficient (Wildman–Crippen LogP) is -0.831. The molecule has 17 heavy (non-hydrogen) atoms. The van der Waals surface area contributed by atoms with Gasteiger partial charge in [0, 0.05) is 25.6 Å². The molecule has 0 aromatic rings. The first-order valence-corrected chi connectivity index (χ1v) is 7.74. The Balaban J connectivity index is 2.13. The summed E-state index contributed by atoms with van der Waals surface area (Å²) in [6, 6.07) is 0.134. The average molecular weight is 263 g/mol. The molecule has 1 aliphatic rings. The monoisotopic (exact) mass is 263 g/mol. The Hall–Kier alpha value is -0.660. The van der Waals surface area contributed by atoms with Gasteiger partial charge in [0.25, 0.3) is 0 Å². The van der Waals surface area contributed by atoms with Crippen LogP contribution in [-0.4, -0.2) is 39.7 Å². The van der Waals surface area contributed by atoms with Gasteiger partial charge in [-0.3, -0.25) is 4.79 Å². The molecule has 0 aromatic carbocycles. The van der Waals surface area contributed by atoms with Gasteiger partial charge in [-0.2, -0.15) is 0 Å². The van der Waals surface area contributed by atoms with E-state index >= 15 is 0 Å². The molecule has 0 aromatic heterocycles. The number of hydrogen-bond donors (Lipinski definition) is 3. The van der Waals surface area contributed by atoms with Crippen molar-refractivity contribution in [3.63, 3.8) is 0 Å². The van der Waals surface area contributed by atoms with Gasteiger partial charge in [-0.15, -0.1) is 0 Å². The van der Waals surface area contributed by atoms with Crippen molar-refractivity contribution in [1.29, 1.82) is 0 Å². The molecule has 0 radical (unpaired) electrons. The summed E-state index contributed by atoms with van der Waals surface area (Å²) in [7, 11) is -3.17. The van der Waals surface area contributed by atoms with Crippen molar-refractivity contribution < 1.29 is 13.2 Å². The van der Waals surface area contributed by atoms with Crippen LogP contribution in [0.4, 0.5) is 0 Å². The maximum absolute atomic E-state index is 11.5. The summed E-state index contributed by atoms with van der Waals surface area (Å²) in [4.78, 5) is 11.5. The van der Waals surface area contributed by atoms with E-state index in [0.717, 1.165) is 25.5 Å². The summed E-state index contributed by atoms with van der Waals surface area (Å²) >= 11 is 0. The molecule has 2 atom stereocenters. The van der Waals surface area contributed by atoms with E-state index in [-0.39, 0.29) is 24.4 Å². The Morgan fingerprint density at radius 3 is 2.59 bits per heavy atom. The number of rotatable bonds is 6. The molecule has 1 aliphatic carbocycles. The van der Waals surface area contributed by atoms with Gasteiger partial charge in [-0.05, 0) is 18.8 Å². The van der Waals surface area contributed by atoms with E-state index in [2.05, 4.69) is 10.0 Å². The van der Waals surface area contributed by atoms with Gasteiger partial charge < -0.3 is 11.1 Å². The molecule has 0 bridgehead atoms. The molecule has 100 valence electrons. The van der Waals surface area contributed by atoms with Gasteiger partial charge in [0.05, 0.1) is 6.26 Å². The van der Waals surface area contributed by atoms with E-state index < -0.39 is 10.0 Å². The molecule has 0 unspecified atom stereocenters. The normalized spacial score (nSPS) is 24.8. The minimum absolute atomic E-state index is 0.0531. The fourth-order valence-electron chi connectivity index (χ4n) is 2.07. The van der Waals surface area contributed by atoms with Crippen LogP contribution >= 0.6 is 0 Å². The third kappa shape index (κ3) is 5.99. The number of nitrogens with one attached hydrogen (secondary N) is 2. The highest BCUT2D eigenvalue weighted by Crippen LogP contribution is 2.26. The Kier molecular flexibility index (Phi) is 5.35.